The Labute approximate surface area is 128 Å². The van der Waals surface area contributed by atoms with E-state index in [4.69, 9.17) is 11.6 Å². The molecule has 2 nitrogen and oxygen atoms in total. The number of alkyl halides is 1. The highest BCUT2D eigenvalue weighted by Gasteiger charge is 2.15. The second-order valence-electron chi connectivity index (χ2n) is 5.25. The fraction of sp³-hybridized carbons (Fsp3) is 0.235. The maximum atomic E-state index is 14.3. The van der Waals surface area contributed by atoms with Crippen LogP contribution in [0, 0.1) is 19.7 Å². The number of nitrogens with zero attached hydrogens (tertiary/aromatic N) is 2. The Morgan fingerprint density at radius 2 is 1.81 bits per heavy atom. The Morgan fingerprint density at radius 3 is 2.57 bits per heavy atom. The van der Waals surface area contributed by atoms with Gasteiger partial charge in [-0.05, 0) is 49.2 Å². The van der Waals surface area contributed by atoms with Crippen LogP contribution in [0.15, 0.2) is 36.4 Å². The lowest BCUT2D eigenvalue weighted by Crippen LogP contribution is -2.04. The summed E-state index contributed by atoms with van der Waals surface area (Å²) < 4.78 is 16.2. The molecule has 0 unspecified atom stereocenters. The second kappa shape index (κ2) is 5.49. The zero-order chi connectivity index (χ0) is 15.0. The summed E-state index contributed by atoms with van der Waals surface area (Å²) in [6, 6.07) is 11.1. The van der Waals surface area contributed by atoms with Gasteiger partial charge in [-0.15, -0.1) is 11.6 Å². The molecule has 0 bridgehead atoms. The van der Waals surface area contributed by atoms with Gasteiger partial charge in [0.2, 0.25) is 0 Å². The third kappa shape index (κ3) is 2.54. The summed E-state index contributed by atoms with van der Waals surface area (Å²) >= 11 is 5.88. The minimum absolute atomic E-state index is 0.253. The van der Waals surface area contributed by atoms with Crippen molar-refractivity contribution >= 4 is 22.6 Å². The summed E-state index contributed by atoms with van der Waals surface area (Å²) in [6.45, 7) is 3.97. The molecule has 0 radical (unpaired) electrons. The number of hydrogen-bond acceptors (Lipinski definition) is 1. The van der Waals surface area contributed by atoms with Crippen molar-refractivity contribution in [2.45, 2.75) is 20.3 Å². The molecule has 1 aromatic heterocycles. The van der Waals surface area contributed by atoms with Crippen LogP contribution in [0.5, 0.6) is 0 Å². The molecule has 21 heavy (non-hydrogen) atoms. The van der Waals surface area contributed by atoms with Crippen molar-refractivity contribution in [1.29, 1.82) is 0 Å². The van der Waals surface area contributed by atoms with Gasteiger partial charge in [0, 0.05) is 12.3 Å². The minimum Gasteiger partial charge on any atom is -0.293 e. The fourth-order valence-corrected chi connectivity index (χ4v) is 2.72. The Bertz CT molecular complexity index is 808. The van der Waals surface area contributed by atoms with Crippen molar-refractivity contribution in [2.24, 2.45) is 0 Å². The maximum Gasteiger partial charge on any atom is 0.147 e. The molecule has 0 N–H and O–H groups in total. The van der Waals surface area contributed by atoms with E-state index in [0.29, 0.717) is 18.0 Å². The van der Waals surface area contributed by atoms with E-state index < -0.39 is 0 Å². The fourth-order valence-electron chi connectivity index (χ4n) is 2.56. The quantitative estimate of drug-likeness (QED) is 0.648. The molecule has 0 saturated carbocycles. The molecular formula is C17H16ClFN2. The van der Waals surface area contributed by atoms with Gasteiger partial charge in [-0.25, -0.2) is 9.37 Å². The van der Waals surface area contributed by atoms with Gasteiger partial charge in [0.05, 0.1) is 16.7 Å². The highest BCUT2D eigenvalue weighted by Crippen LogP contribution is 2.25. The van der Waals surface area contributed by atoms with Gasteiger partial charge in [0.15, 0.2) is 0 Å². The molecular weight excluding hydrogens is 287 g/mol. The predicted octanol–water partition coefficient (Wildman–Crippen LogP) is 4.56. The number of aryl methyl sites for hydroxylation is 3. The van der Waals surface area contributed by atoms with Crippen LogP contribution in [-0.4, -0.2) is 15.4 Å². The Balaban J connectivity index is 2.33. The number of imidazole rings is 1. The minimum atomic E-state index is -0.253. The monoisotopic (exact) mass is 302 g/mol. The van der Waals surface area contributed by atoms with Crippen LogP contribution in [-0.2, 0) is 6.42 Å². The van der Waals surface area contributed by atoms with Gasteiger partial charge >= 0.3 is 0 Å². The van der Waals surface area contributed by atoms with E-state index in [1.807, 2.05) is 42.7 Å². The second-order valence-corrected chi connectivity index (χ2v) is 5.63. The van der Waals surface area contributed by atoms with E-state index >= 15 is 0 Å². The molecule has 0 atom stereocenters. The van der Waals surface area contributed by atoms with Crippen LogP contribution in [0.3, 0.4) is 0 Å². The van der Waals surface area contributed by atoms with Crippen molar-refractivity contribution in [1.82, 2.24) is 9.55 Å². The first kappa shape index (κ1) is 14.1. The van der Waals surface area contributed by atoms with E-state index in [1.54, 1.807) is 6.07 Å². The molecule has 3 aromatic rings. The van der Waals surface area contributed by atoms with Crippen LogP contribution in [0.1, 0.15) is 17.0 Å². The first-order valence-electron chi connectivity index (χ1n) is 6.90. The Kier molecular flexibility index (Phi) is 3.68. The normalized spacial score (nSPS) is 11.2. The van der Waals surface area contributed by atoms with Crippen LogP contribution >= 0.6 is 11.6 Å². The Hall–Kier alpha value is -1.87. The largest absolute Gasteiger partial charge is 0.293 e. The summed E-state index contributed by atoms with van der Waals surface area (Å²) in [4.78, 5) is 4.62. The molecule has 0 saturated heterocycles. The average molecular weight is 303 g/mol. The van der Waals surface area contributed by atoms with Crippen LogP contribution in [0.4, 0.5) is 4.39 Å². The smallest absolute Gasteiger partial charge is 0.147 e. The average Bonchev–Trinajstić information content (AvgIpc) is 2.79. The van der Waals surface area contributed by atoms with Crippen LogP contribution < -0.4 is 0 Å². The van der Waals surface area contributed by atoms with E-state index in [-0.39, 0.29) is 5.82 Å². The van der Waals surface area contributed by atoms with E-state index in [9.17, 15) is 4.39 Å². The molecule has 0 amide bonds. The first-order valence-corrected chi connectivity index (χ1v) is 7.44. The molecule has 0 aliphatic rings. The predicted molar refractivity (Wildman–Crippen MR) is 84.9 cm³/mol. The lowest BCUT2D eigenvalue weighted by atomic mass is 10.2. The van der Waals surface area contributed by atoms with Gasteiger partial charge in [0.25, 0.3) is 0 Å². The number of fused-ring (bicyclic) bond motifs is 1. The summed E-state index contributed by atoms with van der Waals surface area (Å²) in [6.07, 6.45) is 0.600. The molecule has 0 fully saturated rings. The van der Waals surface area contributed by atoms with E-state index in [2.05, 4.69) is 4.98 Å². The highest BCUT2D eigenvalue weighted by atomic mass is 35.5. The van der Waals surface area contributed by atoms with E-state index in [1.165, 1.54) is 6.07 Å². The summed E-state index contributed by atoms with van der Waals surface area (Å²) in [5.41, 5.74) is 4.45. The van der Waals surface area contributed by atoms with Crippen LogP contribution in [0.25, 0.3) is 16.7 Å². The van der Waals surface area contributed by atoms with Gasteiger partial charge in [-0.1, -0.05) is 12.1 Å². The zero-order valence-electron chi connectivity index (χ0n) is 12.0. The first-order chi connectivity index (χ1) is 10.1. The number of halogens is 2. The van der Waals surface area contributed by atoms with Gasteiger partial charge in [-0.2, -0.15) is 0 Å². The third-order valence-electron chi connectivity index (χ3n) is 3.54. The molecule has 108 valence electrons. The number of benzene rings is 2. The van der Waals surface area contributed by atoms with Gasteiger partial charge in [0.1, 0.15) is 11.6 Å². The summed E-state index contributed by atoms with van der Waals surface area (Å²) in [7, 11) is 0. The number of aromatic nitrogens is 2. The van der Waals surface area contributed by atoms with Crippen molar-refractivity contribution in [3.8, 4) is 5.69 Å². The van der Waals surface area contributed by atoms with Crippen molar-refractivity contribution in [3.05, 3.63) is 59.2 Å². The van der Waals surface area contributed by atoms with Gasteiger partial charge in [-0.3, -0.25) is 4.57 Å². The standard InChI is InChI=1S/C17H16ClFN2/c1-11-4-6-15-14(9-11)20-17(7-8-18)21(15)16-10-12(2)3-5-13(16)19/h3-6,9-10H,7-8H2,1-2H3. The van der Waals surface area contributed by atoms with Crippen LogP contribution in [0.2, 0.25) is 0 Å². The molecule has 1 heterocycles. The number of rotatable bonds is 3. The number of hydrogen-bond donors (Lipinski definition) is 0. The van der Waals surface area contributed by atoms with Crippen molar-refractivity contribution in [2.75, 3.05) is 5.88 Å². The summed E-state index contributed by atoms with van der Waals surface area (Å²) in [5.74, 6) is 0.988. The van der Waals surface area contributed by atoms with E-state index in [0.717, 1.165) is 28.0 Å². The lowest BCUT2D eigenvalue weighted by Gasteiger charge is -2.10. The maximum absolute atomic E-state index is 14.3. The topological polar surface area (TPSA) is 17.8 Å². The molecule has 3 rings (SSSR count). The SMILES string of the molecule is Cc1ccc(F)c(-n2c(CCCl)nc3cc(C)ccc32)c1. The van der Waals surface area contributed by atoms with Crippen molar-refractivity contribution in [3.63, 3.8) is 0 Å². The molecule has 0 aliphatic carbocycles. The Morgan fingerprint density at radius 1 is 1.10 bits per heavy atom. The van der Waals surface area contributed by atoms with Gasteiger partial charge < -0.3 is 0 Å². The van der Waals surface area contributed by atoms with Crippen molar-refractivity contribution < 1.29 is 4.39 Å². The third-order valence-corrected chi connectivity index (χ3v) is 3.73. The zero-order valence-corrected chi connectivity index (χ0v) is 12.8. The highest BCUT2D eigenvalue weighted by molar-refractivity contribution is 6.17. The summed E-state index contributed by atoms with van der Waals surface area (Å²) in [5, 5.41) is 0. The molecule has 2 aromatic carbocycles. The molecule has 4 heteroatoms. The lowest BCUT2D eigenvalue weighted by molar-refractivity contribution is 0.616. The molecule has 0 aliphatic heterocycles. The molecule has 0 spiro atoms.